The van der Waals surface area contributed by atoms with Gasteiger partial charge in [0.2, 0.25) is 0 Å². The minimum Gasteiger partial charge on any atom is -0.208 e. The van der Waals surface area contributed by atoms with E-state index in [0.717, 1.165) is 33.2 Å². The highest BCUT2D eigenvalue weighted by Crippen LogP contribution is 2.52. The van der Waals surface area contributed by atoms with Gasteiger partial charge >= 0.3 is 0 Å². The maximum atomic E-state index is 5.12. The molecule has 0 atom stereocenters. The van der Waals surface area contributed by atoms with Crippen LogP contribution >= 0.6 is 0 Å². The summed E-state index contributed by atoms with van der Waals surface area (Å²) in [6.07, 6.45) is 0. The van der Waals surface area contributed by atoms with Gasteiger partial charge in [0.25, 0.3) is 0 Å². The molecule has 9 aromatic rings. The Kier molecular flexibility index (Phi) is 7.81. The van der Waals surface area contributed by atoms with Gasteiger partial charge in [0.1, 0.15) is 0 Å². The van der Waals surface area contributed by atoms with Crippen molar-refractivity contribution in [1.29, 1.82) is 0 Å². The van der Waals surface area contributed by atoms with Crippen LogP contribution < -0.4 is 0 Å². The highest BCUT2D eigenvalue weighted by atomic mass is 15.0. The lowest BCUT2D eigenvalue weighted by molar-refractivity contribution is 0.660. The number of aromatic nitrogens is 3. The molecule has 55 heavy (non-hydrogen) atoms. The molecule has 0 N–H and O–H groups in total. The minimum atomic E-state index is -0.0518. The van der Waals surface area contributed by atoms with E-state index in [1.807, 2.05) is 12.1 Å². The van der Waals surface area contributed by atoms with Gasteiger partial charge in [-0.2, -0.15) is 0 Å². The van der Waals surface area contributed by atoms with Crippen LogP contribution in [0.4, 0.5) is 0 Å². The topological polar surface area (TPSA) is 38.7 Å². The molecule has 0 radical (unpaired) electrons. The Labute approximate surface area is 321 Å². The van der Waals surface area contributed by atoms with Crippen LogP contribution in [0.1, 0.15) is 25.0 Å². The number of nitrogens with zero attached hydrogens (tertiary/aromatic N) is 3. The van der Waals surface area contributed by atoms with Crippen molar-refractivity contribution in [2.24, 2.45) is 0 Å². The number of hydrogen-bond donors (Lipinski definition) is 0. The maximum Gasteiger partial charge on any atom is 0.164 e. The summed E-state index contributed by atoms with van der Waals surface area (Å²) in [5, 5.41) is 2.31. The molecule has 0 saturated heterocycles. The minimum absolute atomic E-state index is 0.0518. The van der Waals surface area contributed by atoms with Gasteiger partial charge in [0.15, 0.2) is 17.5 Å². The van der Waals surface area contributed by atoms with Crippen LogP contribution in [0, 0.1) is 0 Å². The molecule has 0 fully saturated rings. The fraction of sp³-hybridized carbons (Fsp3) is 0.0577. The maximum absolute atomic E-state index is 5.12. The lowest BCUT2D eigenvalue weighted by Gasteiger charge is -2.21. The van der Waals surface area contributed by atoms with Crippen molar-refractivity contribution in [1.82, 2.24) is 15.0 Å². The van der Waals surface area contributed by atoms with Crippen LogP contribution in [0.5, 0.6) is 0 Å². The molecule has 0 bridgehead atoms. The third-order valence-electron chi connectivity index (χ3n) is 11.2. The van der Waals surface area contributed by atoms with Crippen LogP contribution in [-0.2, 0) is 5.41 Å². The predicted octanol–water partition coefficient (Wildman–Crippen LogP) is 13.3. The Hall–Kier alpha value is -6.97. The second-order valence-corrected chi connectivity index (χ2v) is 14.9. The van der Waals surface area contributed by atoms with E-state index in [1.165, 1.54) is 49.9 Å². The van der Waals surface area contributed by atoms with Gasteiger partial charge in [-0.3, -0.25) is 0 Å². The first-order chi connectivity index (χ1) is 27.0. The Balaban J connectivity index is 1.08. The smallest absolute Gasteiger partial charge is 0.164 e. The second-order valence-electron chi connectivity index (χ2n) is 14.9. The highest BCUT2D eigenvalue weighted by molar-refractivity contribution is 5.96. The first kappa shape index (κ1) is 32.7. The molecule has 0 unspecified atom stereocenters. The Morgan fingerprint density at radius 1 is 0.309 bits per heavy atom. The summed E-state index contributed by atoms with van der Waals surface area (Å²) in [6.45, 7) is 4.67. The van der Waals surface area contributed by atoms with E-state index in [-0.39, 0.29) is 5.41 Å². The average molecular weight is 704 g/mol. The van der Waals surface area contributed by atoms with E-state index in [2.05, 4.69) is 190 Å². The van der Waals surface area contributed by atoms with E-state index in [4.69, 9.17) is 15.0 Å². The zero-order valence-electron chi connectivity index (χ0n) is 30.7. The average Bonchev–Trinajstić information content (AvgIpc) is 3.50. The second kappa shape index (κ2) is 13.2. The molecule has 0 spiro atoms. The SMILES string of the molecule is CC1(C)c2ccccc2-c2c(-c3ccc4ccc(-c5nc(-c6ccc(-c7ccccc7)cc6)nc(-c6ccc(-c7ccccc7)cc6)n5)cc4c3)cccc21. The number of fused-ring (bicyclic) bond motifs is 4. The number of hydrogen-bond acceptors (Lipinski definition) is 3. The monoisotopic (exact) mass is 703 g/mol. The van der Waals surface area contributed by atoms with E-state index in [0.29, 0.717) is 17.5 Å². The normalized spacial score (nSPS) is 12.7. The van der Waals surface area contributed by atoms with Crippen molar-refractivity contribution >= 4 is 10.8 Å². The van der Waals surface area contributed by atoms with Crippen molar-refractivity contribution in [2.75, 3.05) is 0 Å². The number of benzene rings is 8. The molecular formula is C52H37N3. The highest BCUT2D eigenvalue weighted by Gasteiger charge is 2.36. The van der Waals surface area contributed by atoms with Gasteiger partial charge in [-0.05, 0) is 78.5 Å². The zero-order chi connectivity index (χ0) is 36.9. The van der Waals surface area contributed by atoms with Gasteiger partial charge in [0, 0.05) is 22.1 Å². The van der Waals surface area contributed by atoms with E-state index >= 15 is 0 Å². The van der Waals surface area contributed by atoms with Crippen LogP contribution in [0.15, 0.2) is 188 Å². The Bertz CT molecular complexity index is 2760. The predicted molar refractivity (Wildman–Crippen MR) is 228 cm³/mol. The van der Waals surface area contributed by atoms with Gasteiger partial charge in [-0.25, -0.2) is 15.0 Å². The van der Waals surface area contributed by atoms with Crippen molar-refractivity contribution < 1.29 is 0 Å². The van der Waals surface area contributed by atoms with Gasteiger partial charge in [-0.15, -0.1) is 0 Å². The lowest BCUT2D eigenvalue weighted by Crippen LogP contribution is -2.14. The van der Waals surface area contributed by atoms with Crippen molar-refractivity contribution in [3.63, 3.8) is 0 Å². The van der Waals surface area contributed by atoms with Crippen molar-refractivity contribution in [3.05, 3.63) is 199 Å². The summed E-state index contributed by atoms with van der Waals surface area (Å²) in [4.78, 5) is 15.3. The summed E-state index contributed by atoms with van der Waals surface area (Å²) in [5.74, 6) is 1.92. The summed E-state index contributed by atoms with van der Waals surface area (Å²) >= 11 is 0. The summed E-state index contributed by atoms with van der Waals surface area (Å²) in [6, 6.07) is 66.8. The van der Waals surface area contributed by atoms with Crippen LogP contribution in [0.25, 0.3) is 89.4 Å². The van der Waals surface area contributed by atoms with Gasteiger partial charge in [0.05, 0.1) is 0 Å². The summed E-state index contributed by atoms with van der Waals surface area (Å²) in [7, 11) is 0. The van der Waals surface area contributed by atoms with Crippen LogP contribution in [0.2, 0.25) is 0 Å². The third kappa shape index (κ3) is 5.82. The van der Waals surface area contributed by atoms with E-state index in [1.54, 1.807) is 0 Å². The number of rotatable bonds is 6. The fourth-order valence-electron chi connectivity index (χ4n) is 8.20. The molecule has 8 aromatic carbocycles. The fourth-order valence-corrected chi connectivity index (χ4v) is 8.20. The Morgan fingerprint density at radius 3 is 1.33 bits per heavy atom. The lowest BCUT2D eigenvalue weighted by atomic mass is 9.82. The van der Waals surface area contributed by atoms with Crippen molar-refractivity contribution in [3.8, 4) is 78.7 Å². The standard InChI is InChI=1S/C52H37N3/c1-52(2)46-18-10-9-16-45(46)48-44(17-11-19-47(48)52)41-30-24-38-25-31-42(33-43(38)32-41)51-54-49(39-26-20-36(21-27-39)34-12-5-3-6-13-34)53-50(55-51)40-28-22-37(23-29-40)35-14-7-4-8-15-35/h3-33H,1-2H3. The molecule has 3 heteroatoms. The third-order valence-corrected chi connectivity index (χ3v) is 11.2. The largest absolute Gasteiger partial charge is 0.208 e. The zero-order valence-corrected chi connectivity index (χ0v) is 30.7. The summed E-state index contributed by atoms with van der Waals surface area (Å²) < 4.78 is 0. The molecule has 3 nitrogen and oxygen atoms in total. The first-order valence-electron chi connectivity index (χ1n) is 18.9. The van der Waals surface area contributed by atoms with Crippen LogP contribution in [-0.4, -0.2) is 15.0 Å². The summed E-state index contributed by atoms with van der Waals surface area (Å²) in [5.41, 5.74) is 15.3. The van der Waals surface area contributed by atoms with Gasteiger partial charge < -0.3 is 0 Å². The Morgan fingerprint density at radius 2 is 0.727 bits per heavy atom. The van der Waals surface area contributed by atoms with Gasteiger partial charge in [-0.1, -0.05) is 190 Å². The molecule has 1 aromatic heterocycles. The molecular weight excluding hydrogens is 667 g/mol. The van der Waals surface area contributed by atoms with Crippen LogP contribution in [0.3, 0.4) is 0 Å². The molecule has 1 heterocycles. The van der Waals surface area contributed by atoms with E-state index < -0.39 is 0 Å². The quantitative estimate of drug-likeness (QED) is 0.173. The van der Waals surface area contributed by atoms with Crippen molar-refractivity contribution in [2.45, 2.75) is 19.3 Å². The molecule has 1 aliphatic carbocycles. The molecule has 1 aliphatic rings. The molecule has 0 amide bonds. The molecule has 10 rings (SSSR count). The first-order valence-corrected chi connectivity index (χ1v) is 18.9. The molecule has 0 aliphatic heterocycles. The van der Waals surface area contributed by atoms with E-state index in [9.17, 15) is 0 Å². The molecule has 0 saturated carbocycles. The molecule has 260 valence electrons.